The molecule has 3 nitrogen and oxygen atoms in total. The minimum atomic E-state index is 0.915. The molecule has 4 heteroatoms. The molecule has 1 aromatic heterocycles. The Hall–Kier alpha value is -0.610. The largest absolute Gasteiger partial charge is 0.348 e. The summed E-state index contributed by atoms with van der Waals surface area (Å²) >= 11 is 1.80. The zero-order chi connectivity index (χ0) is 12.6. The van der Waals surface area contributed by atoms with E-state index in [1.165, 1.54) is 62.4 Å². The highest BCUT2D eigenvalue weighted by molar-refractivity contribution is 7.13. The predicted molar refractivity (Wildman–Crippen MR) is 79.4 cm³/mol. The van der Waals surface area contributed by atoms with E-state index in [4.69, 9.17) is 4.98 Å². The van der Waals surface area contributed by atoms with Crippen LogP contribution in [-0.4, -0.2) is 24.6 Å². The Morgan fingerprint density at radius 1 is 1.22 bits per heavy atom. The van der Waals surface area contributed by atoms with Crippen LogP contribution in [0.4, 0.5) is 5.13 Å². The number of nitrogens with one attached hydrogen (secondary N) is 1. The van der Waals surface area contributed by atoms with E-state index in [1.54, 1.807) is 11.3 Å². The van der Waals surface area contributed by atoms with Gasteiger partial charge in [0, 0.05) is 25.0 Å². The molecule has 0 atom stereocenters. The Kier molecular flexibility index (Phi) is 5.94. The number of hydrogen-bond acceptors (Lipinski definition) is 4. The molecule has 0 saturated carbocycles. The van der Waals surface area contributed by atoms with E-state index in [-0.39, 0.29) is 0 Å². The fraction of sp³-hybridized carbons (Fsp3) is 0.786. The van der Waals surface area contributed by atoms with Crippen molar-refractivity contribution in [3.8, 4) is 0 Å². The summed E-state index contributed by atoms with van der Waals surface area (Å²) in [4.78, 5) is 7.24. The van der Waals surface area contributed by atoms with Crippen LogP contribution in [0.25, 0.3) is 0 Å². The highest BCUT2D eigenvalue weighted by Gasteiger charge is 2.12. The SMILES string of the molecule is CCCNCc1csc(N2CCCCCCC2)n1. The predicted octanol–water partition coefficient (Wildman–Crippen LogP) is 3.41. The van der Waals surface area contributed by atoms with Gasteiger partial charge in [0.1, 0.15) is 0 Å². The molecule has 18 heavy (non-hydrogen) atoms. The summed E-state index contributed by atoms with van der Waals surface area (Å²) in [5.74, 6) is 0. The maximum Gasteiger partial charge on any atom is 0.185 e. The van der Waals surface area contributed by atoms with Crippen molar-refractivity contribution in [3.05, 3.63) is 11.1 Å². The number of aromatic nitrogens is 1. The Morgan fingerprint density at radius 2 is 1.94 bits per heavy atom. The number of rotatable bonds is 5. The van der Waals surface area contributed by atoms with Gasteiger partial charge < -0.3 is 10.2 Å². The average molecular weight is 267 g/mol. The van der Waals surface area contributed by atoms with Crippen LogP contribution in [0.3, 0.4) is 0 Å². The highest BCUT2D eigenvalue weighted by atomic mass is 32.1. The van der Waals surface area contributed by atoms with Crippen molar-refractivity contribution in [2.45, 2.75) is 52.0 Å². The summed E-state index contributed by atoms with van der Waals surface area (Å²) in [7, 11) is 0. The smallest absolute Gasteiger partial charge is 0.185 e. The lowest BCUT2D eigenvalue weighted by Gasteiger charge is -2.23. The summed E-state index contributed by atoms with van der Waals surface area (Å²) < 4.78 is 0. The first-order chi connectivity index (χ1) is 8.90. The van der Waals surface area contributed by atoms with Gasteiger partial charge in [-0.2, -0.15) is 0 Å². The Balaban J connectivity index is 1.86. The lowest BCUT2D eigenvalue weighted by molar-refractivity contribution is 0.555. The molecule has 0 unspecified atom stereocenters. The second kappa shape index (κ2) is 7.74. The molecular formula is C14H25N3S. The van der Waals surface area contributed by atoms with Crippen molar-refractivity contribution in [3.63, 3.8) is 0 Å². The standard InChI is InChI=1S/C14H25N3S/c1-2-8-15-11-13-12-18-14(16-13)17-9-6-4-3-5-7-10-17/h12,15H,2-11H2,1H3. The maximum absolute atomic E-state index is 4.76. The van der Waals surface area contributed by atoms with E-state index < -0.39 is 0 Å². The average Bonchev–Trinajstić information content (AvgIpc) is 2.78. The van der Waals surface area contributed by atoms with E-state index in [2.05, 4.69) is 22.5 Å². The van der Waals surface area contributed by atoms with Gasteiger partial charge >= 0.3 is 0 Å². The van der Waals surface area contributed by atoms with Crippen LogP contribution in [0, 0.1) is 0 Å². The Labute approximate surface area is 115 Å². The number of nitrogens with zero attached hydrogens (tertiary/aromatic N) is 2. The van der Waals surface area contributed by atoms with Crippen LogP contribution in [0.1, 0.15) is 51.1 Å². The Morgan fingerprint density at radius 3 is 2.67 bits per heavy atom. The normalized spacial score (nSPS) is 17.5. The van der Waals surface area contributed by atoms with Gasteiger partial charge in [0.05, 0.1) is 5.69 Å². The van der Waals surface area contributed by atoms with Gasteiger partial charge in [-0.3, -0.25) is 0 Å². The van der Waals surface area contributed by atoms with Crippen LogP contribution < -0.4 is 10.2 Å². The number of hydrogen-bond donors (Lipinski definition) is 1. The maximum atomic E-state index is 4.76. The van der Waals surface area contributed by atoms with Gasteiger partial charge in [0.25, 0.3) is 0 Å². The fourth-order valence-electron chi connectivity index (χ4n) is 2.35. The molecular weight excluding hydrogens is 242 g/mol. The first-order valence-corrected chi connectivity index (χ1v) is 8.18. The van der Waals surface area contributed by atoms with E-state index in [0.29, 0.717) is 0 Å². The van der Waals surface area contributed by atoms with Crippen LogP contribution in [0.5, 0.6) is 0 Å². The zero-order valence-corrected chi connectivity index (χ0v) is 12.3. The quantitative estimate of drug-likeness (QED) is 0.829. The molecule has 0 bridgehead atoms. The van der Waals surface area contributed by atoms with E-state index in [1.807, 2.05) is 0 Å². The van der Waals surface area contributed by atoms with Crippen LogP contribution >= 0.6 is 11.3 Å². The van der Waals surface area contributed by atoms with Crippen molar-refractivity contribution in [2.75, 3.05) is 24.5 Å². The van der Waals surface area contributed by atoms with Crippen molar-refractivity contribution < 1.29 is 0 Å². The summed E-state index contributed by atoms with van der Waals surface area (Å²) in [6.45, 7) is 6.57. The minimum Gasteiger partial charge on any atom is -0.348 e. The first kappa shape index (κ1) is 13.8. The molecule has 2 heterocycles. The lowest BCUT2D eigenvalue weighted by Crippen LogP contribution is -2.27. The monoisotopic (exact) mass is 267 g/mol. The second-order valence-corrected chi connectivity index (χ2v) is 5.89. The molecule has 1 aliphatic heterocycles. The topological polar surface area (TPSA) is 28.2 Å². The molecule has 0 radical (unpaired) electrons. The summed E-state index contributed by atoms with van der Waals surface area (Å²) in [6.07, 6.45) is 8.01. The molecule has 2 rings (SSSR count). The third kappa shape index (κ3) is 4.25. The molecule has 1 saturated heterocycles. The third-order valence-electron chi connectivity index (χ3n) is 3.40. The first-order valence-electron chi connectivity index (χ1n) is 7.30. The van der Waals surface area contributed by atoms with E-state index in [9.17, 15) is 0 Å². The van der Waals surface area contributed by atoms with Gasteiger partial charge in [-0.25, -0.2) is 4.98 Å². The minimum absolute atomic E-state index is 0.915. The van der Waals surface area contributed by atoms with Gasteiger partial charge in [-0.1, -0.05) is 26.2 Å². The second-order valence-electron chi connectivity index (χ2n) is 5.05. The zero-order valence-electron chi connectivity index (χ0n) is 11.5. The lowest BCUT2D eigenvalue weighted by atomic mass is 10.1. The number of anilines is 1. The molecule has 102 valence electrons. The van der Waals surface area contributed by atoms with Crippen molar-refractivity contribution in [1.82, 2.24) is 10.3 Å². The van der Waals surface area contributed by atoms with Gasteiger partial charge in [-0.05, 0) is 25.8 Å². The summed E-state index contributed by atoms with van der Waals surface area (Å²) in [6, 6.07) is 0. The molecule has 0 amide bonds. The molecule has 1 aromatic rings. The molecule has 1 fully saturated rings. The van der Waals surface area contributed by atoms with Gasteiger partial charge in [-0.15, -0.1) is 11.3 Å². The van der Waals surface area contributed by atoms with E-state index >= 15 is 0 Å². The molecule has 0 spiro atoms. The Bertz CT molecular complexity index is 330. The van der Waals surface area contributed by atoms with Crippen LogP contribution in [0.15, 0.2) is 5.38 Å². The third-order valence-corrected chi connectivity index (χ3v) is 4.35. The van der Waals surface area contributed by atoms with Gasteiger partial charge in [0.2, 0.25) is 0 Å². The van der Waals surface area contributed by atoms with Crippen molar-refractivity contribution >= 4 is 16.5 Å². The van der Waals surface area contributed by atoms with Crippen molar-refractivity contribution in [2.24, 2.45) is 0 Å². The summed E-state index contributed by atoms with van der Waals surface area (Å²) in [5, 5.41) is 6.85. The molecule has 1 aliphatic rings. The number of thiazole rings is 1. The van der Waals surface area contributed by atoms with Crippen LogP contribution in [-0.2, 0) is 6.54 Å². The molecule has 0 aliphatic carbocycles. The van der Waals surface area contributed by atoms with Crippen LogP contribution in [0.2, 0.25) is 0 Å². The van der Waals surface area contributed by atoms with Crippen molar-refractivity contribution in [1.29, 1.82) is 0 Å². The van der Waals surface area contributed by atoms with Gasteiger partial charge in [0.15, 0.2) is 5.13 Å². The van der Waals surface area contributed by atoms with E-state index in [0.717, 1.165) is 13.1 Å². The summed E-state index contributed by atoms with van der Waals surface area (Å²) in [5.41, 5.74) is 1.20. The fourth-order valence-corrected chi connectivity index (χ4v) is 3.23. The highest BCUT2D eigenvalue weighted by Crippen LogP contribution is 2.23. The molecule has 0 aromatic carbocycles. The molecule has 1 N–H and O–H groups in total.